The first-order valence-electron chi connectivity index (χ1n) is 7.34. The molecule has 1 aliphatic heterocycles. The first-order chi connectivity index (χ1) is 10.1. The Labute approximate surface area is 141 Å². The van der Waals surface area contributed by atoms with Crippen LogP contribution in [0.5, 0.6) is 0 Å². The van der Waals surface area contributed by atoms with Gasteiger partial charge in [-0.05, 0) is 50.7 Å². The van der Waals surface area contributed by atoms with Crippen LogP contribution in [-0.4, -0.2) is 42.1 Å². The number of amides is 1. The third-order valence-corrected chi connectivity index (χ3v) is 4.46. The zero-order valence-electron chi connectivity index (χ0n) is 13.1. The van der Waals surface area contributed by atoms with Gasteiger partial charge in [0, 0.05) is 24.5 Å². The summed E-state index contributed by atoms with van der Waals surface area (Å²) in [7, 11) is 0. The number of halogens is 1. The van der Waals surface area contributed by atoms with E-state index in [9.17, 15) is 9.59 Å². The van der Waals surface area contributed by atoms with Crippen LogP contribution in [0.3, 0.4) is 0 Å². The fraction of sp³-hybridized carbons (Fsp3) is 0.600. The molecule has 2 heterocycles. The number of rotatable bonds is 5. The van der Waals surface area contributed by atoms with Crippen molar-refractivity contribution >= 4 is 30.1 Å². The molecule has 0 bridgehead atoms. The van der Waals surface area contributed by atoms with E-state index in [4.69, 9.17) is 0 Å². The summed E-state index contributed by atoms with van der Waals surface area (Å²) in [6.07, 6.45) is 5.67. The van der Waals surface area contributed by atoms with Gasteiger partial charge in [-0.15, -0.1) is 12.4 Å². The van der Waals surface area contributed by atoms with Gasteiger partial charge in [0.2, 0.25) is 0 Å². The Kier molecular flexibility index (Phi) is 8.00. The molecule has 0 spiro atoms. The zero-order valence-corrected chi connectivity index (χ0v) is 14.7. The van der Waals surface area contributed by atoms with Crippen LogP contribution < -0.4 is 16.2 Å². The van der Waals surface area contributed by atoms with Crippen molar-refractivity contribution in [3.8, 4) is 0 Å². The van der Waals surface area contributed by atoms with Gasteiger partial charge < -0.3 is 15.2 Å². The van der Waals surface area contributed by atoms with E-state index in [1.165, 1.54) is 0 Å². The number of thioether (sulfide) groups is 1. The average Bonchev–Trinajstić information content (AvgIpc) is 2.48. The molecular formula is C15H24ClN3O2S. The summed E-state index contributed by atoms with van der Waals surface area (Å²) >= 11 is 1.67. The number of aromatic nitrogens is 1. The maximum absolute atomic E-state index is 12.6. The fourth-order valence-corrected chi connectivity index (χ4v) is 2.95. The number of piperidine rings is 1. The van der Waals surface area contributed by atoms with E-state index in [2.05, 4.69) is 10.6 Å². The Morgan fingerprint density at radius 3 is 2.77 bits per heavy atom. The highest BCUT2D eigenvalue weighted by Gasteiger charge is 2.20. The largest absolute Gasteiger partial charge is 0.351 e. The van der Waals surface area contributed by atoms with Gasteiger partial charge in [0.15, 0.2) is 0 Å². The van der Waals surface area contributed by atoms with Crippen molar-refractivity contribution in [2.75, 3.05) is 31.6 Å². The lowest BCUT2D eigenvalue weighted by atomic mass is 10.0. The van der Waals surface area contributed by atoms with E-state index in [-0.39, 0.29) is 35.5 Å². The minimum Gasteiger partial charge on any atom is -0.351 e. The number of carbonyl (C=O) groups is 1. The summed E-state index contributed by atoms with van der Waals surface area (Å²) in [4.78, 5) is 24.9. The molecule has 0 unspecified atom stereocenters. The van der Waals surface area contributed by atoms with Gasteiger partial charge in [-0.1, -0.05) is 0 Å². The molecule has 0 atom stereocenters. The highest BCUT2D eigenvalue weighted by Crippen LogP contribution is 2.17. The first kappa shape index (κ1) is 19.1. The molecule has 5 nitrogen and oxygen atoms in total. The fourth-order valence-electron chi connectivity index (χ4n) is 2.64. The highest BCUT2D eigenvalue weighted by molar-refractivity contribution is 7.98. The van der Waals surface area contributed by atoms with E-state index < -0.39 is 0 Å². The third kappa shape index (κ3) is 4.51. The molecule has 7 heteroatoms. The van der Waals surface area contributed by atoms with Crippen molar-refractivity contribution in [2.45, 2.75) is 25.8 Å². The lowest BCUT2D eigenvalue weighted by Gasteiger charge is -2.25. The summed E-state index contributed by atoms with van der Waals surface area (Å²) in [5.74, 6) is 0.593. The number of carbonyl (C=O) groups excluding carboxylic acids is 1. The van der Waals surface area contributed by atoms with Crippen molar-refractivity contribution in [1.82, 2.24) is 15.2 Å². The van der Waals surface area contributed by atoms with E-state index >= 15 is 0 Å². The first-order valence-corrected chi connectivity index (χ1v) is 8.74. The van der Waals surface area contributed by atoms with Gasteiger partial charge in [0.25, 0.3) is 11.5 Å². The average molecular weight is 346 g/mol. The predicted octanol–water partition coefficient (Wildman–Crippen LogP) is 1.60. The number of hydrogen-bond donors (Lipinski definition) is 2. The quantitative estimate of drug-likeness (QED) is 0.796. The molecule has 0 aromatic carbocycles. The summed E-state index contributed by atoms with van der Waals surface area (Å²) in [5.41, 5.74) is 0.868. The summed E-state index contributed by atoms with van der Waals surface area (Å²) in [6, 6.07) is 2.06. The Balaban J connectivity index is 0.00000242. The second kappa shape index (κ2) is 9.22. The van der Waals surface area contributed by atoms with Crippen molar-refractivity contribution in [2.24, 2.45) is 0 Å². The smallest absolute Gasteiger partial charge is 0.263 e. The Morgan fingerprint density at radius 2 is 2.14 bits per heavy atom. The molecule has 1 fully saturated rings. The molecule has 1 aromatic rings. The normalized spacial score (nSPS) is 15.2. The standard InChI is InChI=1S/C15H23N3O2S.ClH/c1-11-5-9-18(12-3-6-16-7-4-12)15(20)13(11)14(19)17-8-10-21-2;/h5,9,12,16H,3-4,6-8,10H2,1-2H3,(H,17,19);1H. The van der Waals surface area contributed by atoms with Crippen LogP contribution in [0.4, 0.5) is 0 Å². The van der Waals surface area contributed by atoms with Crippen molar-refractivity contribution in [3.05, 3.63) is 33.7 Å². The van der Waals surface area contributed by atoms with E-state index in [0.29, 0.717) is 6.54 Å². The van der Waals surface area contributed by atoms with Gasteiger partial charge in [0.1, 0.15) is 5.56 Å². The van der Waals surface area contributed by atoms with E-state index in [1.54, 1.807) is 16.3 Å². The molecule has 124 valence electrons. The third-order valence-electron chi connectivity index (χ3n) is 3.85. The second-order valence-electron chi connectivity index (χ2n) is 5.32. The van der Waals surface area contributed by atoms with Gasteiger partial charge in [0.05, 0.1) is 0 Å². The number of aryl methyl sites for hydroxylation is 1. The van der Waals surface area contributed by atoms with Gasteiger partial charge >= 0.3 is 0 Å². The summed E-state index contributed by atoms with van der Waals surface area (Å²) < 4.78 is 1.73. The van der Waals surface area contributed by atoms with Crippen LogP contribution in [0.1, 0.15) is 34.8 Å². The molecular weight excluding hydrogens is 322 g/mol. The zero-order chi connectivity index (χ0) is 15.2. The van der Waals surface area contributed by atoms with Crippen LogP contribution in [0.2, 0.25) is 0 Å². The molecule has 0 saturated carbocycles. The lowest BCUT2D eigenvalue weighted by molar-refractivity contribution is 0.0953. The van der Waals surface area contributed by atoms with Crippen LogP contribution in [0.15, 0.2) is 17.1 Å². The van der Waals surface area contributed by atoms with Crippen molar-refractivity contribution in [1.29, 1.82) is 0 Å². The Bertz CT molecular complexity index is 556. The maximum Gasteiger partial charge on any atom is 0.263 e. The molecule has 22 heavy (non-hydrogen) atoms. The van der Waals surface area contributed by atoms with Gasteiger partial charge in [-0.3, -0.25) is 9.59 Å². The van der Waals surface area contributed by atoms with Gasteiger partial charge in [-0.2, -0.15) is 11.8 Å². The van der Waals surface area contributed by atoms with E-state index in [0.717, 1.165) is 37.2 Å². The van der Waals surface area contributed by atoms with Crippen molar-refractivity contribution < 1.29 is 4.79 Å². The second-order valence-corrected chi connectivity index (χ2v) is 6.30. The minimum absolute atomic E-state index is 0. The molecule has 1 amide bonds. The van der Waals surface area contributed by atoms with Crippen LogP contribution in [-0.2, 0) is 0 Å². The topological polar surface area (TPSA) is 63.1 Å². The van der Waals surface area contributed by atoms with Crippen LogP contribution in [0, 0.1) is 6.92 Å². The molecule has 1 saturated heterocycles. The molecule has 0 radical (unpaired) electrons. The number of pyridine rings is 1. The SMILES string of the molecule is CSCCNC(=O)c1c(C)ccn(C2CCNCC2)c1=O.Cl. The Hall–Kier alpha value is -0.980. The molecule has 0 aliphatic carbocycles. The number of hydrogen-bond acceptors (Lipinski definition) is 4. The van der Waals surface area contributed by atoms with Crippen LogP contribution in [0.25, 0.3) is 0 Å². The minimum atomic E-state index is -0.255. The lowest BCUT2D eigenvalue weighted by Crippen LogP contribution is -2.38. The molecule has 2 rings (SSSR count). The predicted molar refractivity (Wildman–Crippen MR) is 94.5 cm³/mol. The van der Waals surface area contributed by atoms with Crippen LogP contribution >= 0.6 is 24.2 Å². The summed E-state index contributed by atoms with van der Waals surface area (Å²) in [5, 5.41) is 6.12. The Morgan fingerprint density at radius 1 is 1.45 bits per heavy atom. The molecule has 2 N–H and O–H groups in total. The van der Waals surface area contributed by atoms with Gasteiger partial charge in [-0.25, -0.2) is 0 Å². The highest BCUT2D eigenvalue weighted by atomic mass is 35.5. The molecule has 1 aromatic heterocycles. The number of nitrogens with zero attached hydrogens (tertiary/aromatic N) is 1. The number of nitrogens with one attached hydrogen (secondary N) is 2. The molecule has 1 aliphatic rings. The maximum atomic E-state index is 12.6. The monoisotopic (exact) mass is 345 g/mol. The van der Waals surface area contributed by atoms with E-state index in [1.807, 2.05) is 25.4 Å². The van der Waals surface area contributed by atoms with Crippen molar-refractivity contribution in [3.63, 3.8) is 0 Å². The summed E-state index contributed by atoms with van der Waals surface area (Å²) in [6.45, 7) is 4.24.